The first-order valence-corrected chi connectivity index (χ1v) is 10.1. The fourth-order valence-corrected chi connectivity index (χ4v) is 3.47. The van der Waals surface area contributed by atoms with Crippen molar-refractivity contribution in [3.63, 3.8) is 0 Å². The molecule has 2 N–H and O–H groups in total. The van der Waals surface area contributed by atoms with Crippen molar-refractivity contribution in [2.24, 2.45) is 0 Å². The van der Waals surface area contributed by atoms with Gasteiger partial charge >= 0.3 is 5.97 Å². The topological polar surface area (TPSA) is 88.5 Å². The summed E-state index contributed by atoms with van der Waals surface area (Å²) in [5.74, 6) is -0.504. The maximum atomic E-state index is 12.2. The summed E-state index contributed by atoms with van der Waals surface area (Å²) in [6, 6.07) is 6.80. The van der Waals surface area contributed by atoms with Crippen molar-refractivity contribution >= 4 is 23.2 Å². The van der Waals surface area contributed by atoms with Crippen LogP contribution in [0.3, 0.4) is 0 Å². The van der Waals surface area contributed by atoms with E-state index in [1.807, 2.05) is 36.6 Å². The van der Waals surface area contributed by atoms with E-state index in [0.29, 0.717) is 18.7 Å². The lowest BCUT2D eigenvalue weighted by Crippen LogP contribution is -2.41. The molecule has 1 aromatic carbocycles. The molecule has 0 fully saturated rings. The average molecular weight is 391 g/mol. The van der Waals surface area contributed by atoms with Gasteiger partial charge in [-0.2, -0.15) is 0 Å². The Morgan fingerprint density at radius 2 is 1.96 bits per heavy atom. The normalized spacial score (nSPS) is 11.8. The second-order valence-electron chi connectivity index (χ2n) is 6.23. The summed E-state index contributed by atoms with van der Waals surface area (Å²) in [7, 11) is 0. The van der Waals surface area contributed by atoms with Gasteiger partial charge in [0.25, 0.3) is 0 Å². The van der Waals surface area contributed by atoms with Crippen LogP contribution in [0, 0.1) is 0 Å². The first-order chi connectivity index (χ1) is 13.0. The van der Waals surface area contributed by atoms with Crippen LogP contribution in [0.25, 0.3) is 10.6 Å². The summed E-state index contributed by atoms with van der Waals surface area (Å²) in [5, 5.41) is 14.5. The molecular weight excluding hydrogens is 364 g/mol. The number of carboxylic acid groups (broad SMARTS) is 1. The van der Waals surface area contributed by atoms with Gasteiger partial charge in [0, 0.05) is 10.9 Å². The fourth-order valence-electron chi connectivity index (χ4n) is 2.65. The van der Waals surface area contributed by atoms with Crippen molar-refractivity contribution in [2.45, 2.75) is 52.0 Å². The number of aromatic nitrogens is 1. The average Bonchev–Trinajstić information content (AvgIpc) is 3.10. The number of hydrogen-bond donors (Lipinski definition) is 2. The van der Waals surface area contributed by atoms with Crippen molar-refractivity contribution in [1.82, 2.24) is 10.3 Å². The van der Waals surface area contributed by atoms with Gasteiger partial charge in [0.2, 0.25) is 5.91 Å². The maximum Gasteiger partial charge on any atom is 0.326 e. The number of hydrogen-bond acceptors (Lipinski definition) is 5. The highest BCUT2D eigenvalue weighted by Crippen LogP contribution is 2.26. The molecule has 27 heavy (non-hydrogen) atoms. The van der Waals surface area contributed by atoms with E-state index in [-0.39, 0.29) is 12.3 Å². The van der Waals surface area contributed by atoms with E-state index in [1.54, 1.807) is 0 Å². The number of thiazole rings is 1. The fraction of sp³-hybridized carbons (Fsp3) is 0.450. The summed E-state index contributed by atoms with van der Waals surface area (Å²) in [4.78, 5) is 28.0. The van der Waals surface area contributed by atoms with E-state index in [4.69, 9.17) is 4.74 Å². The van der Waals surface area contributed by atoms with E-state index in [2.05, 4.69) is 17.2 Å². The molecule has 1 amide bonds. The number of carboxylic acids is 1. The van der Waals surface area contributed by atoms with Crippen LogP contribution in [0.5, 0.6) is 5.75 Å². The Labute approximate surface area is 163 Å². The van der Waals surface area contributed by atoms with Crippen LogP contribution in [0.15, 0.2) is 29.6 Å². The third-order valence-corrected chi connectivity index (χ3v) is 4.98. The first-order valence-electron chi connectivity index (χ1n) is 9.23. The lowest BCUT2D eigenvalue weighted by Gasteiger charge is -2.13. The molecule has 1 unspecified atom stereocenters. The molecule has 0 bridgehead atoms. The zero-order valence-electron chi connectivity index (χ0n) is 15.7. The van der Waals surface area contributed by atoms with Gasteiger partial charge in [0.15, 0.2) is 0 Å². The molecule has 1 atom stereocenters. The van der Waals surface area contributed by atoms with Crippen LogP contribution in [-0.4, -0.2) is 34.6 Å². The highest BCUT2D eigenvalue weighted by molar-refractivity contribution is 7.13. The predicted molar refractivity (Wildman–Crippen MR) is 106 cm³/mol. The quantitative estimate of drug-likeness (QED) is 0.568. The molecule has 0 aliphatic rings. The number of unbranched alkanes of at least 4 members (excludes halogenated alkanes) is 2. The summed E-state index contributed by atoms with van der Waals surface area (Å²) in [6.45, 7) is 4.61. The van der Waals surface area contributed by atoms with E-state index in [9.17, 15) is 14.7 Å². The minimum atomic E-state index is -0.993. The van der Waals surface area contributed by atoms with Gasteiger partial charge in [-0.25, -0.2) is 9.78 Å². The number of benzene rings is 1. The maximum absolute atomic E-state index is 12.2. The highest BCUT2D eigenvalue weighted by Gasteiger charge is 2.20. The molecular formula is C20H26N2O4S. The molecule has 0 radical (unpaired) electrons. The van der Waals surface area contributed by atoms with E-state index in [1.165, 1.54) is 11.3 Å². The molecule has 6 nitrogen and oxygen atoms in total. The molecule has 2 rings (SSSR count). The summed E-state index contributed by atoms with van der Waals surface area (Å²) in [6.07, 6.45) is 3.27. The predicted octanol–water partition coefficient (Wildman–Crippen LogP) is 3.90. The lowest BCUT2D eigenvalue weighted by atomic mass is 10.1. The van der Waals surface area contributed by atoms with Gasteiger partial charge in [-0.3, -0.25) is 4.79 Å². The monoisotopic (exact) mass is 390 g/mol. The van der Waals surface area contributed by atoms with Crippen molar-refractivity contribution in [3.8, 4) is 16.3 Å². The second kappa shape index (κ2) is 10.7. The zero-order valence-corrected chi connectivity index (χ0v) is 16.6. The molecule has 0 aliphatic heterocycles. The Bertz CT molecular complexity index is 743. The van der Waals surface area contributed by atoms with Crippen LogP contribution in [0.4, 0.5) is 0 Å². The van der Waals surface area contributed by atoms with Gasteiger partial charge in [-0.15, -0.1) is 11.3 Å². The first kappa shape index (κ1) is 20.9. The zero-order chi connectivity index (χ0) is 19.6. The van der Waals surface area contributed by atoms with Crippen molar-refractivity contribution < 1.29 is 19.4 Å². The number of amides is 1. The van der Waals surface area contributed by atoms with E-state index < -0.39 is 12.0 Å². The van der Waals surface area contributed by atoms with E-state index in [0.717, 1.165) is 35.6 Å². The summed E-state index contributed by atoms with van der Waals surface area (Å²) >= 11 is 1.46. The van der Waals surface area contributed by atoms with Gasteiger partial charge < -0.3 is 15.2 Å². The molecule has 0 saturated carbocycles. The number of nitrogens with one attached hydrogen (secondary N) is 1. The molecule has 0 saturated heterocycles. The Kier molecular flexibility index (Phi) is 8.26. The molecule has 0 spiro atoms. The Balaban J connectivity index is 1.93. The van der Waals surface area contributed by atoms with Crippen LogP contribution < -0.4 is 10.1 Å². The number of ether oxygens (including phenoxy) is 1. The Morgan fingerprint density at radius 3 is 2.59 bits per heavy atom. The number of carbonyl (C=O) groups excluding carboxylic acids is 1. The lowest BCUT2D eigenvalue weighted by molar-refractivity contribution is -0.142. The molecule has 0 aliphatic carbocycles. The van der Waals surface area contributed by atoms with Gasteiger partial charge in [0.05, 0.1) is 18.7 Å². The van der Waals surface area contributed by atoms with Crippen LogP contribution >= 0.6 is 11.3 Å². The van der Waals surface area contributed by atoms with Gasteiger partial charge in [-0.1, -0.05) is 26.2 Å². The van der Waals surface area contributed by atoms with Crippen LogP contribution in [-0.2, 0) is 16.0 Å². The molecule has 1 heterocycles. The SMILES string of the molecule is CCCCCC(NC(=O)Cc1csc(-c2ccc(OCC)cc2)n1)C(=O)O. The number of carbonyl (C=O) groups is 2. The van der Waals surface area contributed by atoms with Crippen molar-refractivity contribution in [1.29, 1.82) is 0 Å². The second-order valence-corrected chi connectivity index (χ2v) is 7.09. The molecule has 1 aromatic heterocycles. The van der Waals surface area contributed by atoms with Crippen LogP contribution in [0.2, 0.25) is 0 Å². The number of aliphatic carboxylic acids is 1. The molecule has 2 aromatic rings. The van der Waals surface area contributed by atoms with Crippen molar-refractivity contribution in [2.75, 3.05) is 6.61 Å². The van der Waals surface area contributed by atoms with Crippen molar-refractivity contribution in [3.05, 3.63) is 35.3 Å². The minimum absolute atomic E-state index is 0.0745. The van der Waals surface area contributed by atoms with Crippen LogP contribution in [0.1, 0.15) is 45.2 Å². The largest absolute Gasteiger partial charge is 0.494 e. The van der Waals surface area contributed by atoms with E-state index >= 15 is 0 Å². The van der Waals surface area contributed by atoms with Gasteiger partial charge in [0.1, 0.15) is 16.8 Å². The Hall–Kier alpha value is -2.41. The summed E-state index contributed by atoms with van der Waals surface area (Å²) < 4.78 is 5.43. The Morgan fingerprint density at radius 1 is 1.22 bits per heavy atom. The molecule has 146 valence electrons. The standard InChI is InChI=1S/C20H26N2O4S/c1-3-5-6-7-17(20(24)25)22-18(23)12-15-13-27-19(21-15)14-8-10-16(11-9-14)26-4-2/h8-11,13,17H,3-7,12H2,1-2H3,(H,22,23)(H,24,25). The van der Waals surface area contributed by atoms with Gasteiger partial charge in [-0.05, 0) is 37.6 Å². The smallest absolute Gasteiger partial charge is 0.326 e. The third-order valence-electron chi connectivity index (χ3n) is 4.04. The highest BCUT2D eigenvalue weighted by atomic mass is 32.1. The third kappa shape index (κ3) is 6.67. The number of rotatable bonds is 11. The number of nitrogens with zero attached hydrogens (tertiary/aromatic N) is 1. The molecule has 7 heteroatoms. The summed E-state index contributed by atoms with van der Waals surface area (Å²) in [5.41, 5.74) is 1.59. The minimum Gasteiger partial charge on any atom is -0.494 e.